The first-order valence-electron chi connectivity index (χ1n) is 6.49. The van der Waals surface area contributed by atoms with Crippen LogP contribution in [0.1, 0.15) is 44.0 Å². The van der Waals surface area contributed by atoms with Gasteiger partial charge in [-0.05, 0) is 20.9 Å². The fraction of sp³-hybridized carbons (Fsp3) is 0.615. The molecule has 0 aliphatic heterocycles. The Kier molecular flexibility index (Phi) is 3.99. The molecule has 6 heteroatoms. The maximum Gasteiger partial charge on any atom is 0.263 e. The van der Waals surface area contributed by atoms with Crippen LogP contribution in [0.25, 0.3) is 11.5 Å². The zero-order valence-electron chi connectivity index (χ0n) is 12.0. The van der Waals surface area contributed by atoms with Crippen LogP contribution in [-0.4, -0.2) is 28.4 Å². The fourth-order valence-corrected chi connectivity index (χ4v) is 1.86. The third-order valence-electron chi connectivity index (χ3n) is 3.08. The summed E-state index contributed by atoms with van der Waals surface area (Å²) in [5.41, 5.74) is 1.60. The maximum atomic E-state index is 5.34. The Morgan fingerprint density at radius 3 is 2.53 bits per heavy atom. The summed E-state index contributed by atoms with van der Waals surface area (Å²) in [6, 6.07) is 0.304. The van der Waals surface area contributed by atoms with Crippen molar-refractivity contribution in [1.82, 2.24) is 20.6 Å². The number of nitrogens with one attached hydrogen (secondary N) is 1. The lowest BCUT2D eigenvalue weighted by molar-refractivity contribution is 0.366. The molecule has 0 amide bonds. The van der Waals surface area contributed by atoms with E-state index in [4.69, 9.17) is 9.05 Å². The predicted molar refractivity (Wildman–Crippen MR) is 70.8 cm³/mol. The molecule has 1 N–H and O–H groups in total. The molecule has 2 aromatic rings. The molecule has 1 atom stereocenters. The Morgan fingerprint density at radius 2 is 1.89 bits per heavy atom. The van der Waals surface area contributed by atoms with E-state index in [1.807, 2.05) is 27.8 Å². The second kappa shape index (κ2) is 5.52. The quantitative estimate of drug-likeness (QED) is 0.893. The van der Waals surface area contributed by atoms with E-state index in [0.717, 1.165) is 23.4 Å². The van der Waals surface area contributed by atoms with Crippen molar-refractivity contribution < 1.29 is 9.05 Å². The summed E-state index contributed by atoms with van der Waals surface area (Å²) in [5.74, 6) is 2.19. The van der Waals surface area contributed by atoms with Gasteiger partial charge in [0.15, 0.2) is 11.6 Å². The van der Waals surface area contributed by atoms with Gasteiger partial charge in [0.05, 0.1) is 5.69 Å². The van der Waals surface area contributed by atoms with E-state index in [1.165, 1.54) is 0 Å². The number of rotatable bonds is 5. The number of hydrogen-bond acceptors (Lipinski definition) is 6. The topological polar surface area (TPSA) is 77.0 Å². The van der Waals surface area contributed by atoms with Crippen LogP contribution in [0.5, 0.6) is 0 Å². The smallest absolute Gasteiger partial charge is 0.263 e. The first kappa shape index (κ1) is 13.7. The fourth-order valence-electron chi connectivity index (χ4n) is 1.86. The average molecular weight is 264 g/mol. The largest absolute Gasteiger partial charge is 0.360 e. The van der Waals surface area contributed by atoms with Gasteiger partial charge in [-0.1, -0.05) is 24.2 Å². The molecule has 2 rings (SSSR count). The molecule has 19 heavy (non-hydrogen) atoms. The summed E-state index contributed by atoms with van der Waals surface area (Å²) < 4.78 is 10.7. The highest BCUT2D eigenvalue weighted by molar-refractivity contribution is 5.59. The van der Waals surface area contributed by atoms with Gasteiger partial charge >= 0.3 is 0 Å². The van der Waals surface area contributed by atoms with E-state index in [2.05, 4.69) is 27.5 Å². The van der Waals surface area contributed by atoms with Gasteiger partial charge in [-0.3, -0.25) is 0 Å². The minimum absolute atomic E-state index is 0.225. The van der Waals surface area contributed by atoms with E-state index >= 15 is 0 Å². The van der Waals surface area contributed by atoms with E-state index in [9.17, 15) is 0 Å². The molecule has 0 fully saturated rings. The Hall–Kier alpha value is -1.69. The van der Waals surface area contributed by atoms with Gasteiger partial charge in [0.25, 0.3) is 5.89 Å². The number of likely N-dealkylation sites (N-methyl/N-ethyl adjacent to an activating group) is 1. The summed E-state index contributed by atoms with van der Waals surface area (Å²) in [6.45, 7) is 8.04. The monoisotopic (exact) mass is 264 g/mol. The van der Waals surface area contributed by atoms with Gasteiger partial charge in [0.1, 0.15) is 5.56 Å². The third-order valence-corrected chi connectivity index (χ3v) is 3.08. The van der Waals surface area contributed by atoms with Crippen molar-refractivity contribution in [3.8, 4) is 11.5 Å². The van der Waals surface area contributed by atoms with Crippen LogP contribution in [0.4, 0.5) is 0 Å². The predicted octanol–water partition coefficient (Wildman–Crippen LogP) is 2.31. The summed E-state index contributed by atoms with van der Waals surface area (Å²) in [7, 11) is 1.91. The SMILES string of the molecule is CNC(C)Cc1noc(-c2c(C)noc2C(C)C)n1. The number of aryl methyl sites for hydroxylation is 1. The third kappa shape index (κ3) is 2.84. The Balaban J connectivity index is 2.30. The highest BCUT2D eigenvalue weighted by atomic mass is 16.5. The summed E-state index contributed by atoms with van der Waals surface area (Å²) in [4.78, 5) is 4.43. The van der Waals surface area contributed by atoms with Crippen molar-refractivity contribution in [3.05, 3.63) is 17.3 Å². The molecular weight excluding hydrogens is 244 g/mol. The van der Waals surface area contributed by atoms with Crippen LogP contribution in [0, 0.1) is 6.92 Å². The highest BCUT2D eigenvalue weighted by Crippen LogP contribution is 2.30. The van der Waals surface area contributed by atoms with Crippen molar-refractivity contribution in [1.29, 1.82) is 0 Å². The Labute approximate surface area is 112 Å². The van der Waals surface area contributed by atoms with Crippen LogP contribution in [0.2, 0.25) is 0 Å². The van der Waals surface area contributed by atoms with Gasteiger partial charge in [0, 0.05) is 18.4 Å². The molecule has 0 saturated carbocycles. The van der Waals surface area contributed by atoms with Gasteiger partial charge in [-0.2, -0.15) is 4.98 Å². The average Bonchev–Trinajstić information content (AvgIpc) is 2.95. The maximum absolute atomic E-state index is 5.34. The second-order valence-corrected chi connectivity index (χ2v) is 5.07. The first-order chi connectivity index (χ1) is 9.02. The van der Waals surface area contributed by atoms with Crippen LogP contribution in [0.3, 0.4) is 0 Å². The van der Waals surface area contributed by atoms with Crippen LogP contribution < -0.4 is 5.32 Å². The van der Waals surface area contributed by atoms with E-state index in [0.29, 0.717) is 17.8 Å². The minimum atomic E-state index is 0.225. The number of hydrogen-bond donors (Lipinski definition) is 1. The molecule has 1 unspecified atom stereocenters. The van der Waals surface area contributed by atoms with Crippen molar-refractivity contribution in [2.75, 3.05) is 7.05 Å². The summed E-state index contributed by atoms with van der Waals surface area (Å²) in [6.07, 6.45) is 0.724. The molecule has 0 aliphatic rings. The Morgan fingerprint density at radius 1 is 1.16 bits per heavy atom. The molecule has 104 valence electrons. The molecule has 2 heterocycles. The standard InChI is InChI=1S/C13H20N4O2/c1-7(2)12-11(9(4)16-18-12)13-15-10(17-19-13)6-8(3)14-5/h7-8,14H,6H2,1-5H3. The normalized spacial score (nSPS) is 13.2. The van der Waals surface area contributed by atoms with E-state index in [1.54, 1.807) is 0 Å². The molecule has 2 aromatic heterocycles. The van der Waals surface area contributed by atoms with Crippen LogP contribution >= 0.6 is 0 Å². The van der Waals surface area contributed by atoms with Crippen LogP contribution in [0.15, 0.2) is 9.05 Å². The van der Waals surface area contributed by atoms with Crippen LogP contribution in [-0.2, 0) is 6.42 Å². The summed E-state index contributed by atoms with van der Waals surface area (Å²) >= 11 is 0. The molecular formula is C13H20N4O2. The molecule has 0 radical (unpaired) electrons. The molecule has 6 nitrogen and oxygen atoms in total. The lowest BCUT2D eigenvalue weighted by atomic mass is 10.1. The minimum Gasteiger partial charge on any atom is -0.360 e. The van der Waals surface area contributed by atoms with Crippen molar-refractivity contribution in [3.63, 3.8) is 0 Å². The van der Waals surface area contributed by atoms with Gasteiger partial charge in [-0.15, -0.1) is 0 Å². The lowest BCUT2D eigenvalue weighted by Crippen LogP contribution is -2.24. The van der Waals surface area contributed by atoms with Crippen molar-refractivity contribution in [2.24, 2.45) is 0 Å². The van der Waals surface area contributed by atoms with Crippen molar-refractivity contribution >= 4 is 0 Å². The molecule has 0 spiro atoms. The zero-order chi connectivity index (χ0) is 14.0. The Bertz CT molecular complexity index is 545. The first-order valence-corrected chi connectivity index (χ1v) is 6.49. The number of aromatic nitrogens is 3. The molecule has 0 saturated heterocycles. The molecule has 0 bridgehead atoms. The second-order valence-electron chi connectivity index (χ2n) is 5.07. The van der Waals surface area contributed by atoms with Gasteiger partial charge in [-0.25, -0.2) is 0 Å². The molecule has 0 aliphatic carbocycles. The van der Waals surface area contributed by atoms with Gasteiger partial charge in [0.2, 0.25) is 0 Å². The summed E-state index contributed by atoms with van der Waals surface area (Å²) in [5, 5.41) is 11.1. The lowest BCUT2D eigenvalue weighted by Gasteiger charge is -2.04. The van der Waals surface area contributed by atoms with E-state index < -0.39 is 0 Å². The van der Waals surface area contributed by atoms with Crippen molar-refractivity contribution in [2.45, 2.75) is 46.1 Å². The zero-order valence-corrected chi connectivity index (χ0v) is 12.0. The van der Waals surface area contributed by atoms with Gasteiger partial charge < -0.3 is 14.4 Å². The highest BCUT2D eigenvalue weighted by Gasteiger charge is 2.23. The molecule has 0 aromatic carbocycles. The number of nitrogens with zero attached hydrogens (tertiary/aromatic N) is 3. The van der Waals surface area contributed by atoms with E-state index in [-0.39, 0.29) is 5.92 Å².